The van der Waals surface area contributed by atoms with Crippen LogP contribution in [-0.2, 0) is 13.0 Å². The van der Waals surface area contributed by atoms with Gasteiger partial charge in [0, 0.05) is 24.6 Å². The van der Waals surface area contributed by atoms with Gasteiger partial charge in [0.2, 0.25) is 0 Å². The highest BCUT2D eigenvalue weighted by Crippen LogP contribution is 2.23. The van der Waals surface area contributed by atoms with Crippen LogP contribution in [0.15, 0.2) is 23.5 Å². The van der Waals surface area contributed by atoms with Gasteiger partial charge in [0.25, 0.3) is 0 Å². The van der Waals surface area contributed by atoms with Gasteiger partial charge in [-0.15, -0.1) is 11.8 Å². The SMILES string of the molecule is CCc1nc(C)c(C(=O)O)c(SCCn2cccn2)n1. The van der Waals surface area contributed by atoms with Crippen LogP contribution < -0.4 is 0 Å². The van der Waals surface area contributed by atoms with Crippen LogP contribution in [0.1, 0.15) is 28.8 Å². The molecule has 0 aliphatic heterocycles. The average molecular weight is 292 g/mol. The van der Waals surface area contributed by atoms with E-state index in [9.17, 15) is 9.90 Å². The summed E-state index contributed by atoms with van der Waals surface area (Å²) >= 11 is 1.42. The van der Waals surface area contributed by atoms with Crippen molar-refractivity contribution in [1.82, 2.24) is 19.7 Å². The molecule has 0 atom stereocenters. The standard InChI is InChI=1S/C13H16N4O2S/c1-3-10-15-9(2)11(13(18)19)12(16-10)20-8-7-17-6-4-5-14-17/h4-6H,3,7-8H2,1-2H3,(H,18,19). The van der Waals surface area contributed by atoms with Crippen LogP contribution in [0.3, 0.4) is 0 Å². The predicted molar refractivity (Wildman–Crippen MR) is 76.1 cm³/mol. The zero-order valence-electron chi connectivity index (χ0n) is 11.4. The first-order valence-electron chi connectivity index (χ1n) is 6.32. The normalized spacial score (nSPS) is 10.7. The van der Waals surface area contributed by atoms with Gasteiger partial charge in [0.05, 0.1) is 12.2 Å². The van der Waals surface area contributed by atoms with E-state index in [0.29, 0.717) is 35.3 Å². The van der Waals surface area contributed by atoms with Crippen molar-refractivity contribution in [2.45, 2.75) is 31.8 Å². The molecule has 6 nitrogen and oxygen atoms in total. The van der Waals surface area contributed by atoms with Crippen LogP contribution in [0.25, 0.3) is 0 Å². The number of carbonyl (C=O) groups is 1. The van der Waals surface area contributed by atoms with Crippen LogP contribution in [0.5, 0.6) is 0 Å². The van der Waals surface area contributed by atoms with E-state index in [1.807, 2.05) is 23.9 Å². The molecule has 106 valence electrons. The monoisotopic (exact) mass is 292 g/mol. The second kappa shape index (κ2) is 6.51. The average Bonchev–Trinajstić information content (AvgIpc) is 2.90. The van der Waals surface area contributed by atoms with Crippen molar-refractivity contribution in [3.8, 4) is 0 Å². The maximum absolute atomic E-state index is 11.3. The molecule has 0 spiro atoms. The summed E-state index contributed by atoms with van der Waals surface area (Å²) in [6.07, 6.45) is 4.28. The molecule has 0 aliphatic rings. The quantitative estimate of drug-likeness (QED) is 0.648. The highest BCUT2D eigenvalue weighted by atomic mass is 32.2. The summed E-state index contributed by atoms with van der Waals surface area (Å²) in [4.78, 5) is 19.9. The minimum atomic E-state index is -0.980. The number of nitrogens with zero attached hydrogens (tertiary/aromatic N) is 4. The molecule has 0 bridgehead atoms. The van der Waals surface area contributed by atoms with E-state index in [0.717, 1.165) is 0 Å². The Kier molecular flexibility index (Phi) is 4.73. The van der Waals surface area contributed by atoms with Gasteiger partial charge in [-0.3, -0.25) is 4.68 Å². The van der Waals surface area contributed by atoms with E-state index >= 15 is 0 Å². The Hall–Kier alpha value is -1.89. The van der Waals surface area contributed by atoms with Crippen molar-refractivity contribution < 1.29 is 9.90 Å². The maximum atomic E-state index is 11.3. The molecule has 2 aromatic rings. The Balaban J connectivity index is 2.16. The largest absolute Gasteiger partial charge is 0.478 e. The summed E-state index contributed by atoms with van der Waals surface area (Å²) in [5, 5.41) is 13.9. The van der Waals surface area contributed by atoms with Crippen LogP contribution in [0.4, 0.5) is 0 Å². The lowest BCUT2D eigenvalue weighted by molar-refractivity contribution is 0.0690. The lowest BCUT2D eigenvalue weighted by atomic mass is 10.2. The minimum Gasteiger partial charge on any atom is -0.478 e. The van der Waals surface area contributed by atoms with Crippen molar-refractivity contribution >= 4 is 17.7 Å². The molecule has 7 heteroatoms. The Morgan fingerprint density at radius 1 is 1.45 bits per heavy atom. The second-order valence-corrected chi connectivity index (χ2v) is 5.27. The summed E-state index contributed by atoms with van der Waals surface area (Å²) < 4.78 is 1.81. The van der Waals surface area contributed by atoms with Gasteiger partial charge in [0.1, 0.15) is 16.4 Å². The molecule has 0 aromatic carbocycles. The Labute approximate surface area is 121 Å². The van der Waals surface area contributed by atoms with E-state index in [1.54, 1.807) is 13.1 Å². The summed E-state index contributed by atoms with van der Waals surface area (Å²) in [6, 6.07) is 1.86. The molecule has 2 heterocycles. The predicted octanol–water partition coefficient (Wildman–Crippen LogP) is 2.03. The van der Waals surface area contributed by atoms with Crippen molar-refractivity contribution in [3.63, 3.8) is 0 Å². The fourth-order valence-electron chi connectivity index (χ4n) is 1.78. The number of aromatic carboxylic acids is 1. The van der Waals surface area contributed by atoms with E-state index in [1.165, 1.54) is 11.8 Å². The van der Waals surface area contributed by atoms with Gasteiger partial charge < -0.3 is 5.11 Å². The molecule has 20 heavy (non-hydrogen) atoms. The lowest BCUT2D eigenvalue weighted by Gasteiger charge is -2.09. The van der Waals surface area contributed by atoms with Crippen LogP contribution in [0.2, 0.25) is 0 Å². The molecule has 1 N–H and O–H groups in total. The second-order valence-electron chi connectivity index (χ2n) is 4.18. The molecule has 0 amide bonds. The van der Waals surface area contributed by atoms with Gasteiger partial charge in [-0.05, 0) is 13.0 Å². The van der Waals surface area contributed by atoms with Crippen molar-refractivity contribution in [2.75, 3.05) is 5.75 Å². The fourth-order valence-corrected chi connectivity index (χ4v) is 2.80. The number of rotatable bonds is 6. The highest BCUT2D eigenvalue weighted by molar-refractivity contribution is 7.99. The molecular weight excluding hydrogens is 276 g/mol. The van der Waals surface area contributed by atoms with Crippen LogP contribution in [-0.4, -0.2) is 36.6 Å². The van der Waals surface area contributed by atoms with Gasteiger partial charge in [-0.1, -0.05) is 6.92 Å². The van der Waals surface area contributed by atoms with E-state index in [4.69, 9.17) is 0 Å². The van der Waals surface area contributed by atoms with Crippen LogP contribution >= 0.6 is 11.8 Å². The smallest absolute Gasteiger partial charge is 0.340 e. The molecule has 0 saturated carbocycles. The number of hydrogen-bond acceptors (Lipinski definition) is 5. The minimum absolute atomic E-state index is 0.202. The third-order valence-electron chi connectivity index (χ3n) is 2.75. The molecule has 0 radical (unpaired) electrons. The number of hydrogen-bond donors (Lipinski definition) is 1. The van der Waals surface area contributed by atoms with E-state index in [2.05, 4.69) is 15.1 Å². The number of carboxylic acid groups (broad SMARTS) is 1. The number of aryl methyl sites for hydroxylation is 3. The van der Waals surface area contributed by atoms with Crippen molar-refractivity contribution in [1.29, 1.82) is 0 Å². The lowest BCUT2D eigenvalue weighted by Crippen LogP contribution is -2.10. The first-order valence-corrected chi connectivity index (χ1v) is 7.31. The first-order chi connectivity index (χ1) is 9.61. The zero-order valence-corrected chi connectivity index (χ0v) is 12.2. The fraction of sp³-hybridized carbons (Fsp3) is 0.385. The zero-order chi connectivity index (χ0) is 14.5. The van der Waals surface area contributed by atoms with Gasteiger partial charge in [0.15, 0.2) is 0 Å². The van der Waals surface area contributed by atoms with Crippen molar-refractivity contribution in [2.24, 2.45) is 0 Å². The highest BCUT2D eigenvalue weighted by Gasteiger charge is 2.17. The number of aromatic nitrogens is 4. The van der Waals surface area contributed by atoms with Crippen molar-refractivity contribution in [3.05, 3.63) is 35.5 Å². The van der Waals surface area contributed by atoms with Gasteiger partial charge >= 0.3 is 5.97 Å². The Bertz CT molecular complexity index is 599. The van der Waals surface area contributed by atoms with E-state index in [-0.39, 0.29) is 5.56 Å². The molecule has 0 saturated heterocycles. The molecule has 0 unspecified atom stereocenters. The third-order valence-corrected chi connectivity index (χ3v) is 3.71. The summed E-state index contributed by atoms with van der Waals surface area (Å²) in [5.74, 6) is 0.405. The van der Waals surface area contributed by atoms with E-state index < -0.39 is 5.97 Å². The van der Waals surface area contributed by atoms with Gasteiger partial charge in [-0.25, -0.2) is 14.8 Å². The first kappa shape index (κ1) is 14.5. The molecular formula is C13H16N4O2S. The summed E-state index contributed by atoms with van der Waals surface area (Å²) in [5.41, 5.74) is 0.721. The molecule has 2 aromatic heterocycles. The third kappa shape index (κ3) is 3.36. The summed E-state index contributed by atoms with van der Waals surface area (Å²) in [6.45, 7) is 4.37. The molecule has 2 rings (SSSR count). The number of carboxylic acids is 1. The number of thioether (sulfide) groups is 1. The molecule has 0 aliphatic carbocycles. The van der Waals surface area contributed by atoms with Gasteiger partial charge in [-0.2, -0.15) is 5.10 Å². The van der Waals surface area contributed by atoms with Crippen LogP contribution in [0, 0.1) is 6.92 Å². The topological polar surface area (TPSA) is 80.9 Å². The Morgan fingerprint density at radius 2 is 2.25 bits per heavy atom. The summed E-state index contributed by atoms with van der Waals surface area (Å²) in [7, 11) is 0. The maximum Gasteiger partial charge on any atom is 0.340 e. The molecule has 0 fully saturated rings. The Morgan fingerprint density at radius 3 is 2.85 bits per heavy atom.